The molecular formula is NbTaTiZr. The van der Waals surface area contributed by atoms with Crippen LogP contribution in [0.15, 0.2) is 0 Å². The standard InChI is InChI=1S/Nb.Ta.Ti.Zr. The van der Waals surface area contributed by atoms with E-state index in [0.29, 0.717) is 0 Å². The molecule has 0 aromatic carbocycles. The summed E-state index contributed by atoms with van der Waals surface area (Å²) in [6.07, 6.45) is 0. The smallest absolute Gasteiger partial charge is 0 e. The summed E-state index contributed by atoms with van der Waals surface area (Å²) < 4.78 is 0. The predicted octanol–water partition coefficient (Wildman–Crippen LogP) is -0.0100. The second kappa shape index (κ2) is 16.5. The molecule has 0 aliphatic heterocycles. The van der Waals surface area contributed by atoms with E-state index in [1.165, 1.54) is 0 Å². The Balaban J connectivity index is 0. The van der Waals surface area contributed by atoms with Gasteiger partial charge < -0.3 is 0 Å². The summed E-state index contributed by atoms with van der Waals surface area (Å²) in [6.45, 7) is 0. The minimum atomic E-state index is 0. The van der Waals surface area contributed by atoms with Crippen LogP contribution < -0.4 is 0 Å². The average molecular weight is 413 g/mol. The van der Waals surface area contributed by atoms with Gasteiger partial charge in [-0.1, -0.05) is 0 Å². The SMILES string of the molecule is [Nb].[Ta].[Ti].[Zr]. The molecule has 0 fully saturated rings. The van der Waals surface area contributed by atoms with Crippen molar-refractivity contribution in [2.45, 2.75) is 0 Å². The van der Waals surface area contributed by atoms with Gasteiger partial charge in [0.2, 0.25) is 0 Å². The minimum absolute atomic E-state index is 0. The van der Waals surface area contributed by atoms with Crippen molar-refractivity contribution in [2.75, 3.05) is 0 Å². The average Bonchev–Trinajstić information content (AvgIpc) is 0. The maximum Gasteiger partial charge on any atom is 0 e. The monoisotopic (exact) mass is 412 g/mol. The topological polar surface area (TPSA) is 0 Å². The van der Waals surface area contributed by atoms with Gasteiger partial charge in [0.25, 0.3) is 0 Å². The first-order valence-electron chi connectivity index (χ1n) is 0. The Morgan fingerprint density at radius 1 is 1.00 bits per heavy atom. The second-order valence-corrected chi connectivity index (χ2v) is 0. The largest absolute Gasteiger partial charge is 0 e. The third kappa shape index (κ3) is 8.91. The van der Waals surface area contributed by atoms with Crippen molar-refractivity contribution in [3.63, 3.8) is 0 Å². The Morgan fingerprint density at radius 2 is 1.00 bits per heavy atom. The van der Waals surface area contributed by atoms with Crippen molar-refractivity contribution in [3.8, 4) is 0 Å². The zero-order valence-corrected chi connectivity index (χ0v) is 11.3. The van der Waals surface area contributed by atoms with Gasteiger partial charge in [0.1, 0.15) is 0 Å². The van der Waals surface area contributed by atoms with Crippen molar-refractivity contribution < 1.29 is 92.7 Å². The zero-order chi connectivity index (χ0) is 0. The van der Waals surface area contributed by atoms with Crippen LogP contribution in [0, 0.1) is 0 Å². The Morgan fingerprint density at radius 3 is 1.00 bits per heavy atom. The van der Waals surface area contributed by atoms with Gasteiger partial charge in [0.15, 0.2) is 0 Å². The van der Waals surface area contributed by atoms with Crippen LogP contribution in [0.5, 0.6) is 0 Å². The molecule has 4 heteroatoms. The quantitative estimate of drug-likeness (QED) is 0.491. The van der Waals surface area contributed by atoms with E-state index in [1.807, 2.05) is 0 Å². The van der Waals surface area contributed by atoms with Crippen LogP contribution in [-0.4, -0.2) is 0 Å². The third-order valence-electron chi connectivity index (χ3n) is 0. The van der Waals surface area contributed by atoms with Crippen LogP contribution in [0.2, 0.25) is 0 Å². The van der Waals surface area contributed by atoms with Crippen molar-refractivity contribution in [1.29, 1.82) is 0 Å². The molecule has 0 saturated carbocycles. The van der Waals surface area contributed by atoms with E-state index in [1.54, 1.807) is 0 Å². The van der Waals surface area contributed by atoms with Crippen LogP contribution in [-0.2, 0) is 92.7 Å². The molecule has 4 heavy (non-hydrogen) atoms. The molecule has 0 saturated heterocycles. The van der Waals surface area contributed by atoms with Gasteiger partial charge in [-0.05, 0) is 0 Å². The summed E-state index contributed by atoms with van der Waals surface area (Å²) in [6, 6.07) is 0. The van der Waals surface area contributed by atoms with Gasteiger partial charge in [0, 0.05) is 92.7 Å². The molecule has 0 aromatic rings. The fourth-order valence-electron chi connectivity index (χ4n) is 0. The first kappa shape index (κ1) is 27.6. The predicted molar refractivity (Wildman–Crippen MR) is 0 cm³/mol. The van der Waals surface area contributed by atoms with E-state index in [-0.39, 0.29) is 92.7 Å². The third-order valence-corrected chi connectivity index (χ3v) is 0. The number of hydrogen-bond donors (Lipinski definition) is 0. The molecule has 0 heterocycles. The number of hydrogen-bond acceptors (Lipinski definition) is 0. The summed E-state index contributed by atoms with van der Waals surface area (Å²) in [7, 11) is 0. The van der Waals surface area contributed by atoms with Gasteiger partial charge in [-0.2, -0.15) is 0 Å². The van der Waals surface area contributed by atoms with Gasteiger partial charge in [-0.25, -0.2) is 0 Å². The maximum atomic E-state index is 0. The first-order valence-corrected chi connectivity index (χ1v) is 0. The molecule has 0 rings (SSSR count). The Hall–Kier alpha value is 3.08. The molecule has 0 nitrogen and oxygen atoms in total. The van der Waals surface area contributed by atoms with Crippen molar-refractivity contribution in [3.05, 3.63) is 0 Å². The van der Waals surface area contributed by atoms with E-state index in [2.05, 4.69) is 0 Å². The first-order chi connectivity index (χ1) is 0. The van der Waals surface area contributed by atoms with E-state index < -0.39 is 0 Å². The van der Waals surface area contributed by atoms with Gasteiger partial charge in [0.05, 0.1) is 0 Å². The maximum absolute atomic E-state index is 0. The summed E-state index contributed by atoms with van der Waals surface area (Å²) in [5, 5.41) is 0. The van der Waals surface area contributed by atoms with E-state index in [0.717, 1.165) is 0 Å². The summed E-state index contributed by atoms with van der Waals surface area (Å²) >= 11 is 0. The second-order valence-electron chi connectivity index (χ2n) is 0. The van der Waals surface area contributed by atoms with Crippen LogP contribution in [0.25, 0.3) is 0 Å². The molecule has 0 N–H and O–H groups in total. The number of rotatable bonds is 0. The fourth-order valence-corrected chi connectivity index (χ4v) is 0. The Kier molecular flexibility index (Phi) is 114. The van der Waals surface area contributed by atoms with E-state index >= 15 is 0 Å². The molecule has 0 aliphatic carbocycles. The summed E-state index contributed by atoms with van der Waals surface area (Å²) in [5.74, 6) is 0. The van der Waals surface area contributed by atoms with E-state index in [4.69, 9.17) is 0 Å². The summed E-state index contributed by atoms with van der Waals surface area (Å²) in [5.41, 5.74) is 0. The normalized spacial score (nSPS) is 0. The molecule has 0 amide bonds. The van der Waals surface area contributed by atoms with Crippen molar-refractivity contribution in [1.82, 2.24) is 0 Å². The van der Waals surface area contributed by atoms with Gasteiger partial charge in [-0.15, -0.1) is 0 Å². The Labute approximate surface area is 90.9 Å². The Bertz CT molecular complexity index is 8.00. The van der Waals surface area contributed by atoms with Gasteiger partial charge in [-0.3, -0.25) is 0 Å². The van der Waals surface area contributed by atoms with E-state index in [9.17, 15) is 0 Å². The molecule has 0 bridgehead atoms. The van der Waals surface area contributed by atoms with Crippen LogP contribution in [0.4, 0.5) is 0 Å². The molecular weight excluding hydrogens is 413 g/mol. The van der Waals surface area contributed by atoms with Crippen molar-refractivity contribution in [2.24, 2.45) is 0 Å². The molecule has 0 unspecified atom stereocenters. The molecule has 0 atom stereocenters. The van der Waals surface area contributed by atoms with Crippen LogP contribution >= 0.6 is 0 Å². The molecule has 0 spiro atoms. The zero-order valence-electron chi connectivity index (χ0n) is 1.89. The van der Waals surface area contributed by atoms with Crippen molar-refractivity contribution >= 4 is 0 Å². The van der Waals surface area contributed by atoms with Gasteiger partial charge >= 0.3 is 0 Å². The molecule has 0 aliphatic rings. The van der Waals surface area contributed by atoms with Crippen LogP contribution in [0.1, 0.15) is 0 Å². The fraction of sp³-hybridized carbons (Fsp3) is 0. The molecule has 0 aromatic heterocycles. The van der Waals surface area contributed by atoms with Crippen LogP contribution in [0.3, 0.4) is 0 Å². The molecule has 2 radical (unpaired) electrons. The summed E-state index contributed by atoms with van der Waals surface area (Å²) in [4.78, 5) is 0. The molecule has 18 valence electrons. The minimum Gasteiger partial charge on any atom is 0 e.